The van der Waals surface area contributed by atoms with Crippen LogP contribution in [0, 0.1) is 0 Å². The normalized spacial score (nSPS) is 26.5. The third-order valence-electron chi connectivity index (χ3n) is 1.95. The summed E-state index contributed by atoms with van der Waals surface area (Å²) in [7, 11) is -3.12. The van der Waals surface area contributed by atoms with Gasteiger partial charge in [-0.2, -0.15) is 18.7 Å². The summed E-state index contributed by atoms with van der Waals surface area (Å²) in [6.45, 7) is -1.41. The van der Waals surface area contributed by atoms with Gasteiger partial charge in [0, 0.05) is 6.04 Å². The molecule has 0 aromatic heterocycles. The van der Waals surface area contributed by atoms with Crippen molar-refractivity contribution in [2.24, 2.45) is 0 Å². The molecule has 1 saturated heterocycles. The number of hydrogen-bond donors (Lipinski definition) is 1. The Morgan fingerprint density at radius 1 is 1.40 bits per heavy atom. The zero-order chi connectivity index (χ0) is 11.5. The van der Waals surface area contributed by atoms with E-state index in [1.807, 2.05) is 0 Å². The van der Waals surface area contributed by atoms with Crippen molar-refractivity contribution in [3.8, 4) is 0 Å². The lowest BCUT2D eigenvalue weighted by Crippen LogP contribution is -2.41. The SMILES string of the molecule is O=S1(=O)CCCC(NOCC(F)(F)F)C1. The summed E-state index contributed by atoms with van der Waals surface area (Å²) in [5.74, 6) is -0.0602. The lowest BCUT2D eigenvalue weighted by Gasteiger charge is -2.22. The van der Waals surface area contributed by atoms with E-state index in [1.165, 1.54) is 0 Å². The van der Waals surface area contributed by atoms with Gasteiger partial charge in [0.25, 0.3) is 0 Å². The van der Waals surface area contributed by atoms with E-state index < -0.39 is 28.7 Å². The van der Waals surface area contributed by atoms with Gasteiger partial charge < -0.3 is 0 Å². The van der Waals surface area contributed by atoms with Gasteiger partial charge >= 0.3 is 6.18 Å². The topological polar surface area (TPSA) is 55.4 Å². The molecule has 0 spiro atoms. The number of sulfone groups is 1. The van der Waals surface area contributed by atoms with Crippen LogP contribution in [0.25, 0.3) is 0 Å². The van der Waals surface area contributed by atoms with Crippen LogP contribution in [0.4, 0.5) is 13.2 Å². The van der Waals surface area contributed by atoms with Crippen LogP contribution in [-0.4, -0.2) is 38.7 Å². The Bertz CT molecular complexity index is 301. The average Bonchev–Trinajstić information content (AvgIpc) is 1.99. The zero-order valence-corrected chi connectivity index (χ0v) is 8.70. The number of rotatable bonds is 3. The summed E-state index contributed by atoms with van der Waals surface area (Å²) in [6, 6.07) is -0.536. The van der Waals surface area contributed by atoms with E-state index >= 15 is 0 Å². The maximum atomic E-state index is 11.7. The van der Waals surface area contributed by atoms with Crippen molar-refractivity contribution >= 4 is 9.84 Å². The van der Waals surface area contributed by atoms with Gasteiger partial charge in [0.15, 0.2) is 16.4 Å². The molecule has 0 saturated carbocycles. The molecule has 0 radical (unpaired) electrons. The minimum atomic E-state index is -4.40. The van der Waals surface area contributed by atoms with Crippen molar-refractivity contribution in [3.05, 3.63) is 0 Å². The molecule has 1 heterocycles. The molecule has 1 rings (SSSR count). The second-order valence-electron chi connectivity index (χ2n) is 3.48. The molecule has 1 N–H and O–H groups in total. The first-order chi connectivity index (χ1) is 6.79. The van der Waals surface area contributed by atoms with E-state index in [9.17, 15) is 21.6 Å². The fourth-order valence-corrected chi connectivity index (χ4v) is 2.98. The average molecular weight is 247 g/mol. The first-order valence-electron chi connectivity index (χ1n) is 4.43. The number of alkyl halides is 3. The first-order valence-corrected chi connectivity index (χ1v) is 6.25. The Kier molecular flexibility index (Phi) is 3.96. The minimum Gasteiger partial charge on any atom is -0.292 e. The van der Waals surface area contributed by atoms with Crippen LogP contribution >= 0.6 is 0 Å². The molecule has 0 amide bonds. The van der Waals surface area contributed by atoms with Crippen molar-refractivity contribution in [1.82, 2.24) is 5.48 Å². The van der Waals surface area contributed by atoms with Gasteiger partial charge in [0.1, 0.15) is 0 Å². The molecule has 8 heteroatoms. The number of hydroxylamine groups is 1. The summed E-state index contributed by atoms with van der Waals surface area (Å²) < 4.78 is 57.2. The monoisotopic (exact) mass is 247 g/mol. The smallest absolute Gasteiger partial charge is 0.292 e. The van der Waals surface area contributed by atoms with Gasteiger partial charge in [-0.15, -0.1) is 0 Å². The molecule has 15 heavy (non-hydrogen) atoms. The minimum absolute atomic E-state index is 0.102. The molecule has 0 aromatic carbocycles. The van der Waals surface area contributed by atoms with Crippen LogP contribution in [0.1, 0.15) is 12.8 Å². The molecular weight excluding hydrogens is 235 g/mol. The summed E-state index contributed by atoms with van der Waals surface area (Å²) >= 11 is 0. The molecule has 90 valence electrons. The summed E-state index contributed by atoms with van der Waals surface area (Å²) in [5, 5.41) is 0. The number of nitrogens with one attached hydrogen (secondary N) is 1. The van der Waals surface area contributed by atoms with Crippen LogP contribution in [0.15, 0.2) is 0 Å². The highest BCUT2D eigenvalue weighted by Gasteiger charge is 2.30. The third-order valence-corrected chi connectivity index (χ3v) is 3.77. The van der Waals surface area contributed by atoms with Crippen LogP contribution < -0.4 is 5.48 Å². The quantitative estimate of drug-likeness (QED) is 0.744. The second-order valence-corrected chi connectivity index (χ2v) is 5.70. The summed E-state index contributed by atoms with van der Waals surface area (Å²) in [4.78, 5) is 4.19. The molecule has 1 atom stereocenters. The Morgan fingerprint density at radius 3 is 2.60 bits per heavy atom. The molecule has 1 unspecified atom stereocenters. The van der Waals surface area contributed by atoms with E-state index in [0.29, 0.717) is 12.8 Å². The van der Waals surface area contributed by atoms with Crippen molar-refractivity contribution in [2.45, 2.75) is 25.1 Å². The predicted molar refractivity (Wildman–Crippen MR) is 46.8 cm³/mol. The Labute approximate surface area is 85.7 Å². The van der Waals surface area contributed by atoms with Gasteiger partial charge in [-0.05, 0) is 12.8 Å². The van der Waals surface area contributed by atoms with Crippen LogP contribution in [0.2, 0.25) is 0 Å². The van der Waals surface area contributed by atoms with Crippen molar-refractivity contribution in [1.29, 1.82) is 0 Å². The van der Waals surface area contributed by atoms with E-state index in [0.717, 1.165) is 0 Å². The van der Waals surface area contributed by atoms with Gasteiger partial charge in [0.2, 0.25) is 0 Å². The summed E-state index contributed by atoms with van der Waals surface area (Å²) in [5.41, 5.74) is 2.13. The molecule has 1 aliphatic heterocycles. The molecule has 4 nitrogen and oxygen atoms in total. The van der Waals surface area contributed by atoms with Crippen molar-refractivity contribution in [2.75, 3.05) is 18.1 Å². The first kappa shape index (κ1) is 12.7. The van der Waals surface area contributed by atoms with Gasteiger partial charge in [-0.25, -0.2) is 8.42 Å². The van der Waals surface area contributed by atoms with E-state index in [4.69, 9.17) is 0 Å². The fourth-order valence-electron chi connectivity index (χ4n) is 1.36. The molecule has 1 fully saturated rings. The van der Waals surface area contributed by atoms with Crippen LogP contribution in [0.3, 0.4) is 0 Å². The maximum Gasteiger partial charge on any atom is 0.413 e. The highest BCUT2D eigenvalue weighted by molar-refractivity contribution is 7.91. The van der Waals surface area contributed by atoms with E-state index in [2.05, 4.69) is 10.3 Å². The van der Waals surface area contributed by atoms with Gasteiger partial charge in [-0.3, -0.25) is 4.84 Å². The lowest BCUT2D eigenvalue weighted by atomic mass is 10.2. The maximum absolute atomic E-state index is 11.7. The van der Waals surface area contributed by atoms with Crippen molar-refractivity contribution in [3.63, 3.8) is 0 Å². The number of hydrogen-bond acceptors (Lipinski definition) is 4. The highest BCUT2D eigenvalue weighted by atomic mass is 32.2. The van der Waals surface area contributed by atoms with Crippen LogP contribution in [0.5, 0.6) is 0 Å². The number of halogens is 3. The molecular formula is C7H12F3NO3S. The fraction of sp³-hybridized carbons (Fsp3) is 1.00. The molecule has 0 aliphatic carbocycles. The van der Waals surface area contributed by atoms with E-state index in [-0.39, 0.29) is 11.5 Å². The Morgan fingerprint density at radius 2 is 2.07 bits per heavy atom. The molecule has 0 aromatic rings. The summed E-state index contributed by atoms with van der Waals surface area (Å²) in [6.07, 6.45) is -3.44. The predicted octanol–water partition coefficient (Wildman–Crippen LogP) is 0.647. The van der Waals surface area contributed by atoms with Gasteiger partial charge in [-0.1, -0.05) is 0 Å². The third kappa shape index (κ3) is 5.33. The van der Waals surface area contributed by atoms with Crippen molar-refractivity contribution < 1.29 is 26.4 Å². The van der Waals surface area contributed by atoms with Crippen LogP contribution in [-0.2, 0) is 14.7 Å². The largest absolute Gasteiger partial charge is 0.413 e. The van der Waals surface area contributed by atoms with E-state index in [1.54, 1.807) is 0 Å². The highest BCUT2D eigenvalue weighted by Crippen LogP contribution is 2.15. The zero-order valence-electron chi connectivity index (χ0n) is 7.88. The Hall–Kier alpha value is -0.340. The van der Waals surface area contributed by atoms with Gasteiger partial charge in [0.05, 0.1) is 11.5 Å². The molecule has 0 bridgehead atoms. The Balaban J connectivity index is 2.28. The molecule has 1 aliphatic rings. The second kappa shape index (κ2) is 4.67. The standard InChI is InChI=1S/C7H12F3NO3S/c8-7(9,10)5-14-11-6-2-1-3-15(12,13)4-6/h6,11H,1-5H2. The lowest BCUT2D eigenvalue weighted by molar-refractivity contribution is -0.192.